The summed E-state index contributed by atoms with van der Waals surface area (Å²) in [4.78, 5) is 24.0. The van der Waals surface area contributed by atoms with Gasteiger partial charge in [-0.3, -0.25) is 9.59 Å². The van der Waals surface area contributed by atoms with Crippen LogP contribution in [-0.4, -0.2) is 32.1 Å². The maximum atomic E-state index is 12.5. The van der Waals surface area contributed by atoms with Crippen molar-refractivity contribution >= 4 is 17.5 Å². The van der Waals surface area contributed by atoms with Crippen molar-refractivity contribution in [1.82, 2.24) is 5.32 Å². The monoisotopic (exact) mass is 408 g/mol. The molecule has 0 unspecified atom stereocenters. The van der Waals surface area contributed by atoms with E-state index in [9.17, 15) is 9.59 Å². The lowest BCUT2D eigenvalue weighted by Crippen LogP contribution is -2.41. The molecule has 0 atom stereocenters. The van der Waals surface area contributed by atoms with Gasteiger partial charge in [-0.1, -0.05) is 31.0 Å². The number of hydrogen-bond donors (Lipinski definition) is 2. The number of benzene rings is 2. The first-order valence-electron chi connectivity index (χ1n) is 10.6. The maximum absolute atomic E-state index is 12.5. The van der Waals surface area contributed by atoms with E-state index >= 15 is 0 Å². The van der Waals surface area contributed by atoms with Gasteiger partial charge in [0.2, 0.25) is 5.91 Å². The number of para-hydroxylation sites is 1. The summed E-state index contributed by atoms with van der Waals surface area (Å²) in [7, 11) is 1.69. The molecule has 2 aromatic rings. The Hall–Kier alpha value is -3.02. The van der Waals surface area contributed by atoms with Gasteiger partial charge in [0, 0.05) is 29.6 Å². The molecule has 2 N–H and O–H groups in total. The average Bonchev–Trinajstić information content (AvgIpc) is 3.26. The van der Waals surface area contributed by atoms with Crippen LogP contribution >= 0.6 is 0 Å². The van der Waals surface area contributed by atoms with Crippen molar-refractivity contribution < 1.29 is 19.1 Å². The van der Waals surface area contributed by atoms with Gasteiger partial charge in [-0.25, -0.2) is 0 Å². The molecule has 2 aromatic carbocycles. The lowest BCUT2D eigenvalue weighted by Gasteiger charge is -2.31. The summed E-state index contributed by atoms with van der Waals surface area (Å²) in [5.74, 6) is 1.42. The van der Waals surface area contributed by atoms with Crippen molar-refractivity contribution in [2.75, 3.05) is 25.6 Å². The normalized spacial score (nSPS) is 17.0. The van der Waals surface area contributed by atoms with Crippen LogP contribution in [0.1, 0.15) is 43.2 Å². The highest BCUT2D eigenvalue weighted by Gasteiger charge is 2.38. The molecule has 6 nitrogen and oxygen atoms in total. The Morgan fingerprint density at radius 1 is 1.13 bits per heavy atom. The Morgan fingerprint density at radius 2 is 1.93 bits per heavy atom. The van der Waals surface area contributed by atoms with Crippen molar-refractivity contribution in [3.05, 3.63) is 53.6 Å². The number of aryl methyl sites for hydroxylation is 1. The number of methoxy groups -OCH3 is 1. The standard InChI is InChI=1S/C24H28N2O4/c1-29-21-7-3-2-6-19(21)24(12-4-5-13-24)16-25-23(28)15-30-18-9-10-20-17(14-18)8-11-22(27)26-20/h2-3,6-7,9-10,14H,4-5,8,11-13,15-16H2,1H3,(H,25,28)(H,26,27). The first-order valence-corrected chi connectivity index (χ1v) is 10.6. The minimum absolute atomic E-state index is 0.0337. The van der Waals surface area contributed by atoms with Gasteiger partial charge in [0.15, 0.2) is 6.61 Å². The van der Waals surface area contributed by atoms with Crippen LogP contribution in [0.25, 0.3) is 0 Å². The van der Waals surface area contributed by atoms with Crippen LogP contribution in [-0.2, 0) is 21.4 Å². The van der Waals surface area contributed by atoms with E-state index in [-0.39, 0.29) is 23.8 Å². The molecular formula is C24H28N2O4. The topological polar surface area (TPSA) is 76.7 Å². The fraction of sp³-hybridized carbons (Fsp3) is 0.417. The second-order valence-corrected chi connectivity index (χ2v) is 8.12. The third kappa shape index (κ3) is 4.27. The van der Waals surface area contributed by atoms with Crippen molar-refractivity contribution in [3.8, 4) is 11.5 Å². The SMILES string of the molecule is COc1ccccc1C1(CNC(=O)COc2ccc3c(c2)CCC(=O)N3)CCCC1. The van der Waals surface area contributed by atoms with E-state index in [1.54, 1.807) is 13.2 Å². The van der Waals surface area contributed by atoms with Crippen LogP contribution in [0.4, 0.5) is 5.69 Å². The molecule has 4 rings (SSSR count). The number of carbonyl (C=O) groups excluding carboxylic acids is 2. The molecule has 1 heterocycles. The first kappa shape index (κ1) is 20.3. The molecule has 30 heavy (non-hydrogen) atoms. The van der Waals surface area contributed by atoms with Gasteiger partial charge in [-0.2, -0.15) is 0 Å². The number of anilines is 1. The van der Waals surface area contributed by atoms with Gasteiger partial charge in [-0.15, -0.1) is 0 Å². The van der Waals surface area contributed by atoms with Crippen LogP contribution in [0.15, 0.2) is 42.5 Å². The van der Waals surface area contributed by atoms with E-state index < -0.39 is 0 Å². The van der Waals surface area contributed by atoms with Crippen LogP contribution in [0.3, 0.4) is 0 Å². The highest BCUT2D eigenvalue weighted by atomic mass is 16.5. The van der Waals surface area contributed by atoms with E-state index in [0.29, 0.717) is 25.1 Å². The van der Waals surface area contributed by atoms with Gasteiger partial charge in [0.05, 0.1) is 7.11 Å². The molecule has 0 radical (unpaired) electrons. The van der Waals surface area contributed by atoms with E-state index in [1.807, 2.05) is 30.3 Å². The lowest BCUT2D eigenvalue weighted by atomic mass is 9.78. The number of ether oxygens (including phenoxy) is 2. The third-order valence-electron chi connectivity index (χ3n) is 6.21. The number of rotatable bonds is 7. The van der Waals surface area contributed by atoms with Gasteiger partial charge < -0.3 is 20.1 Å². The Balaban J connectivity index is 1.36. The molecule has 158 valence electrons. The smallest absolute Gasteiger partial charge is 0.257 e. The summed E-state index contributed by atoms with van der Waals surface area (Å²) < 4.78 is 11.3. The van der Waals surface area contributed by atoms with Crippen LogP contribution in [0.5, 0.6) is 11.5 Å². The second-order valence-electron chi connectivity index (χ2n) is 8.12. The van der Waals surface area contributed by atoms with Gasteiger partial charge in [0.25, 0.3) is 5.91 Å². The lowest BCUT2D eigenvalue weighted by molar-refractivity contribution is -0.123. The molecule has 0 bridgehead atoms. The molecular weight excluding hydrogens is 380 g/mol. The molecule has 0 spiro atoms. The predicted octanol–water partition coefficient (Wildman–Crippen LogP) is 3.59. The summed E-state index contributed by atoms with van der Waals surface area (Å²) in [5.41, 5.74) is 2.94. The fourth-order valence-electron chi connectivity index (χ4n) is 4.59. The number of amides is 2. The van der Waals surface area contributed by atoms with Crippen molar-refractivity contribution in [3.63, 3.8) is 0 Å². The minimum atomic E-state index is -0.137. The maximum Gasteiger partial charge on any atom is 0.257 e. The number of hydrogen-bond acceptors (Lipinski definition) is 4. The molecule has 0 aromatic heterocycles. The highest BCUT2D eigenvalue weighted by Crippen LogP contribution is 2.44. The summed E-state index contributed by atoms with van der Waals surface area (Å²) in [5, 5.41) is 5.93. The van der Waals surface area contributed by atoms with Crippen LogP contribution < -0.4 is 20.1 Å². The van der Waals surface area contributed by atoms with Crippen molar-refractivity contribution in [1.29, 1.82) is 0 Å². The average molecular weight is 408 g/mol. The third-order valence-corrected chi connectivity index (χ3v) is 6.21. The summed E-state index contributed by atoms with van der Waals surface area (Å²) in [6.07, 6.45) is 5.52. The molecule has 1 saturated carbocycles. The highest BCUT2D eigenvalue weighted by molar-refractivity contribution is 5.94. The summed E-state index contributed by atoms with van der Waals surface area (Å²) >= 11 is 0. The quantitative estimate of drug-likeness (QED) is 0.734. The van der Waals surface area contributed by atoms with Crippen LogP contribution in [0, 0.1) is 0 Å². The second kappa shape index (κ2) is 8.78. The molecule has 2 aliphatic rings. The van der Waals surface area contributed by atoms with Gasteiger partial charge >= 0.3 is 0 Å². The van der Waals surface area contributed by atoms with Crippen molar-refractivity contribution in [2.45, 2.75) is 43.9 Å². The summed E-state index contributed by atoms with van der Waals surface area (Å²) in [6.45, 7) is 0.541. The van der Waals surface area contributed by atoms with E-state index in [4.69, 9.17) is 9.47 Å². The van der Waals surface area contributed by atoms with Gasteiger partial charge in [-0.05, 0) is 49.1 Å². The molecule has 1 fully saturated rings. The Labute approximate surface area is 177 Å². The molecule has 6 heteroatoms. The zero-order valence-corrected chi connectivity index (χ0v) is 17.3. The Morgan fingerprint density at radius 3 is 2.73 bits per heavy atom. The predicted molar refractivity (Wildman–Crippen MR) is 115 cm³/mol. The van der Waals surface area contributed by atoms with E-state index in [2.05, 4.69) is 16.7 Å². The first-order chi connectivity index (χ1) is 14.6. The largest absolute Gasteiger partial charge is 0.496 e. The molecule has 1 aliphatic carbocycles. The summed E-state index contributed by atoms with van der Waals surface area (Å²) in [6, 6.07) is 13.6. The number of fused-ring (bicyclic) bond motifs is 1. The Bertz CT molecular complexity index is 935. The number of carbonyl (C=O) groups is 2. The van der Waals surface area contributed by atoms with E-state index in [1.165, 1.54) is 5.56 Å². The van der Waals surface area contributed by atoms with E-state index in [0.717, 1.165) is 42.7 Å². The van der Waals surface area contributed by atoms with Gasteiger partial charge in [0.1, 0.15) is 11.5 Å². The molecule has 0 saturated heterocycles. The zero-order valence-electron chi connectivity index (χ0n) is 17.3. The molecule has 1 aliphatic heterocycles. The fourth-order valence-corrected chi connectivity index (χ4v) is 4.59. The van der Waals surface area contributed by atoms with Crippen LogP contribution in [0.2, 0.25) is 0 Å². The zero-order chi connectivity index (χ0) is 21.0. The minimum Gasteiger partial charge on any atom is -0.496 e. The Kier molecular flexibility index (Phi) is 5.93. The number of nitrogens with one attached hydrogen (secondary N) is 2. The molecule has 2 amide bonds. The van der Waals surface area contributed by atoms with Crippen molar-refractivity contribution in [2.24, 2.45) is 0 Å².